The molecule has 32 heavy (non-hydrogen) atoms. The van der Waals surface area contributed by atoms with Crippen LogP contribution in [0.5, 0.6) is 0 Å². The number of hydrogen-bond acceptors (Lipinski definition) is 4. The fraction of sp³-hybridized carbons (Fsp3) is 0.360. The number of halogens is 2. The van der Waals surface area contributed by atoms with Crippen molar-refractivity contribution in [1.29, 1.82) is 0 Å². The van der Waals surface area contributed by atoms with E-state index in [0.29, 0.717) is 0 Å². The minimum atomic E-state index is 0. The maximum atomic E-state index is 4.69. The van der Waals surface area contributed by atoms with Gasteiger partial charge in [0.2, 0.25) is 0 Å². The van der Waals surface area contributed by atoms with Gasteiger partial charge < -0.3 is 39.3 Å². The van der Waals surface area contributed by atoms with Crippen LogP contribution in [0, 0.1) is 34.6 Å². The molecule has 2 heterocycles. The molecule has 1 aromatic carbocycles. The summed E-state index contributed by atoms with van der Waals surface area (Å²) >= 11 is 0. The zero-order valence-electron chi connectivity index (χ0n) is 19.4. The van der Waals surface area contributed by atoms with Crippen molar-refractivity contribution < 1.29 is 53.4 Å². The molecule has 3 rings (SSSR count). The fourth-order valence-corrected chi connectivity index (χ4v) is 3.85. The van der Waals surface area contributed by atoms with Gasteiger partial charge in [-0.25, -0.2) is 0 Å². The zero-order chi connectivity index (χ0) is 20.8. The van der Waals surface area contributed by atoms with Crippen LogP contribution in [0.1, 0.15) is 39.5 Å². The molecular weight excluding hydrogens is 617 g/mol. The van der Waals surface area contributed by atoms with Crippen LogP contribution < -0.4 is 39.3 Å². The summed E-state index contributed by atoms with van der Waals surface area (Å²) in [4.78, 5) is 11.8. The van der Waals surface area contributed by atoms with Gasteiger partial charge in [0.15, 0.2) is 0 Å². The molecule has 0 aliphatic carbocycles. The molecular formula is C25H32Br2N4Ru. The van der Waals surface area contributed by atoms with Crippen LogP contribution in [0.2, 0.25) is 0 Å². The second-order valence-corrected chi connectivity index (χ2v) is 7.95. The van der Waals surface area contributed by atoms with Crippen molar-refractivity contribution in [3.05, 3.63) is 88.0 Å². The predicted octanol–water partition coefficient (Wildman–Crippen LogP) is -0.861. The van der Waals surface area contributed by atoms with Gasteiger partial charge in [0, 0.05) is 43.3 Å². The molecule has 0 atom stereocenters. The number of hydrogen-bond donors (Lipinski definition) is 1. The monoisotopic (exact) mass is 648 g/mol. The molecule has 0 unspecified atom stereocenters. The first-order valence-electron chi connectivity index (χ1n) is 10.3. The molecule has 0 aliphatic heterocycles. The zero-order valence-corrected chi connectivity index (χ0v) is 24.3. The molecule has 0 amide bonds. The summed E-state index contributed by atoms with van der Waals surface area (Å²) in [6, 6.07) is 16.9. The van der Waals surface area contributed by atoms with Gasteiger partial charge in [-0.1, -0.05) is 29.8 Å². The molecule has 1 N–H and O–H groups in total. The number of nitrogens with one attached hydrogen (secondary N) is 1. The van der Waals surface area contributed by atoms with Crippen LogP contribution in [0.4, 0.5) is 5.69 Å². The van der Waals surface area contributed by atoms with E-state index < -0.39 is 0 Å². The smallest absolute Gasteiger partial charge is 1.00 e. The molecule has 0 radical (unpaired) electrons. The normalized spacial score (nSPS) is 10.1. The van der Waals surface area contributed by atoms with Crippen LogP contribution in [0.3, 0.4) is 0 Å². The summed E-state index contributed by atoms with van der Waals surface area (Å²) < 4.78 is 0. The third kappa shape index (κ3) is 9.39. The predicted molar refractivity (Wildman–Crippen MR) is 121 cm³/mol. The molecule has 174 valence electrons. The summed E-state index contributed by atoms with van der Waals surface area (Å²) in [5.41, 5.74) is 9.46. The first-order valence-corrected chi connectivity index (χ1v) is 10.3. The van der Waals surface area contributed by atoms with E-state index in [9.17, 15) is 0 Å². The van der Waals surface area contributed by atoms with Crippen molar-refractivity contribution in [3.8, 4) is 0 Å². The van der Waals surface area contributed by atoms with Crippen molar-refractivity contribution in [3.63, 3.8) is 0 Å². The Balaban J connectivity index is 0.00000320. The van der Waals surface area contributed by atoms with Crippen molar-refractivity contribution in [2.24, 2.45) is 0 Å². The van der Waals surface area contributed by atoms with Gasteiger partial charge in [-0.3, -0.25) is 14.9 Å². The van der Waals surface area contributed by atoms with Crippen LogP contribution in [-0.4, -0.2) is 28.0 Å². The Kier molecular flexibility index (Phi) is 14.4. The Morgan fingerprint density at radius 2 is 1.22 bits per heavy atom. The third-order valence-corrected chi connectivity index (χ3v) is 5.07. The second kappa shape index (κ2) is 14.9. The molecule has 3 aromatic rings. The Hall–Kier alpha value is -1.14. The topological polar surface area (TPSA) is 41.0 Å². The van der Waals surface area contributed by atoms with Gasteiger partial charge in [-0.15, -0.1) is 0 Å². The van der Waals surface area contributed by atoms with E-state index in [1.54, 1.807) is 0 Å². The van der Waals surface area contributed by atoms with Crippen LogP contribution >= 0.6 is 0 Å². The van der Waals surface area contributed by atoms with Crippen LogP contribution in [0.25, 0.3) is 0 Å². The van der Waals surface area contributed by atoms with Gasteiger partial charge in [0.25, 0.3) is 0 Å². The number of aryl methyl sites for hydroxylation is 5. The summed E-state index contributed by atoms with van der Waals surface area (Å²) in [7, 11) is 0. The van der Waals surface area contributed by atoms with E-state index in [-0.39, 0.29) is 53.4 Å². The van der Waals surface area contributed by atoms with Crippen molar-refractivity contribution in [2.75, 3.05) is 18.4 Å². The number of nitrogens with zero attached hydrogens (tertiary/aromatic N) is 3. The number of pyridine rings is 2. The van der Waals surface area contributed by atoms with Crippen LogP contribution in [-0.2, 0) is 32.6 Å². The standard InChI is InChI=1S/C25H32N4.2BrH.Ru/c1-18-14-19(2)25(20(3)15-18)26-12-13-29(16-23-10-6-8-21(4)27-23)17-24-11-7-9-22(5)28-24;;;/h6-11,14-15,26H,12-13,16-17H2,1-5H3;2*1H;/q;;;+2/p-2. The molecule has 0 aliphatic rings. The summed E-state index contributed by atoms with van der Waals surface area (Å²) in [5.74, 6) is 0. The third-order valence-electron chi connectivity index (χ3n) is 5.07. The van der Waals surface area contributed by atoms with E-state index >= 15 is 0 Å². The molecule has 7 heteroatoms. The molecule has 0 bridgehead atoms. The number of aromatic nitrogens is 2. The number of anilines is 1. The minimum Gasteiger partial charge on any atom is -1.00 e. The summed E-state index contributed by atoms with van der Waals surface area (Å²) in [5, 5.41) is 3.65. The maximum absolute atomic E-state index is 4.69. The molecule has 0 saturated carbocycles. The number of rotatable bonds is 8. The first kappa shape index (κ1) is 30.9. The molecule has 0 fully saturated rings. The van der Waals surface area contributed by atoms with Gasteiger partial charge in [-0.2, -0.15) is 0 Å². The Morgan fingerprint density at radius 1 is 0.750 bits per heavy atom. The fourth-order valence-electron chi connectivity index (χ4n) is 3.85. The van der Waals surface area contributed by atoms with E-state index in [2.05, 4.69) is 67.4 Å². The number of benzene rings is 1. The first-order chi connectivity index (χ1) is 13.9. The van der Waals surface area contributed by atoms with E-state index in [4.69, 9.17) is 9.97 Å². The maximum Gasteiger partial charge on any atom is 2.00 e. The average molecular weight is 649 g/mol. The van der Waals surface area contributed by atoms with Crippen molar-refractivity contribution >= 4 is 5.69 Å². The van der Waals surface area contributed by atoms with E-state index in [0.717, 1.165) is 49.0 Å². The summed E-state index contributed by atoms with van der Waals surface area (Å²) in [6.07, 6.45) is 0. The summed E-state index contributed by atoms with van der Waals surface area (Å²) in [6.45, 7) is 14.0. The van der Waals surface area contributed by atoms with Crippen LogP contribution in [0.15, 0.2) is 48.5 Å². The molecule has 4 nitrogen and oxygen atoms in total. The minimum absolute atomic E-state index is 0. The largest absolute Gasteiger partial charge is 2.00 e. The Labute approximate surface area is 226 Å². The average Bonchev–Trinajstić information content (AvgIpc) is 2.64. The van der Waals surface area contributed by atoms with E-state index in [1.807, 2.05) is 26.0 Å². The molecule has 2 aromatic heterocycles. The van der Waals surface area contributed by atoms with Gasteiger partial charge in [-0.05, 0) is 70.0 Å². The van der Waals surface area contributed by atoms with E-state index in [1.165, 1.54) is 22.4 Å². The van der Waals surface area contributed by atoms with Gasteiger partial charge >= 0.3 is 19.5 Å². The molecule has 0 spiro atoms. The Bertz CT molecular complexity index is 911. The second-order valence-electron chi connectivity index (χ2n) is 7.95. The van der Waals surface area contributed by atoms with Gasteiger partial charge in [0.05, 0.1) is 11.4 Å². The quantitative estimate of drug-likeness (QED) is 0.323. The SMILES string of the molecule is Cc1cc(C)c(NCCN(Cc2cccc(C)n2)Cc2cccc(C)n2)c(C)c1.[Br-].[Br-].[Ru+2]. The van der Waals surface area contributed by atoms with Crippen molar-refractivity contribution in [1.82, 2.24) is 14.9 Å². The van der Waals surface area contributed by atoms with Crippen molar-refractivity contribution in [2.45, 2.75) is 47.7 Å². The van der Waals surface area contributed by atoms with Gasteiger partial charge in [0.1, 0.15) is 0 Å². The molecule has 0 saturated heterocycles. The Morgan fingerprint density at radius 3 is 1.66 bits per heavy atom.